The van der Waals surface area contributed by atoms with Crippen LogP contribution in [0.4, 0.5) is 4.79 Å². The van der Waals surface area contributed by atoms with Gasteiger partial charge in [0.25, 0.3) is 0 Å². The standard InChI is InChI=1S/C7H9N3O2/c1-8-7(11)10-9-4-6-2-3-12-5-6/h2-5H,1H3,(H2,8,10,11)/b9-4+. The highest BCUT2D eigenvalue weighted by molar-refractivity contribution is 5.81. The monoisotopic (exact) mass is 167 g/mol. The maximum absolute atomic E-state index is 10.6. The summed E-state index contributed by atoms with van der Waals surface area (Å²) in [5.41, 5.74) is 3.05. The van der Waals surface area contributed by atoms with E-state index >= 15 is 0 Å². The Morgan fingerprint density at radius 3 is 3.17 bits per heavy atom. The minimum Gasteiger partial charge on any atom is -0.472 e. The van der Waals surface area contributed by atoms with E-state index in [1.54, 1.807) is 6.07 Å². The van der Waals surface area contributed by atoms with Crippen LogP contribution < -0.4 is 10.7 Å². The van der Waals surface area contributed by atoms with E-state index in [0.717, 1.165) is 5.56 Å². The Labute approximate surface area is 69.4 Å². The van der Waals surface area contributed by atoms with Gasteiger partial charge < -0.3 is 9.73 Å². The fourth-order valence-corrected chi connectivity index (χ4v) is 0.570. The molecule has 64 valence electrons. The van der Waals surface area contributed by atoms with Crippen molar-refractivity contribution in [1.82, 2.24) is 10.7 Å². The Morgan fingerprint density at radius 1 is 1.75 bits per heavy atom. The van der Waals surface area contributed by atoms with Crippen LogP contribution in [-0.2, 0) is 0 Å². The predicted octanol–water partition coefficient (Wildman–Crippen LogP) is 0.542. The number of nitrogens with zero attached hydrogens (tertiary/aromatic N) is 1. The van der Waals surface area contributed by atoms with Crippen LogP contribution in [-0.4, -0.2) is 19.3 Å². The second-order valence-corrected chi connectivity index (χ2v) is 2.01. The fourth-order valence-electron chi connectivity index (χ4n) is 0.570. The molecule has 0 aliphatic rings. The average Bonchev–Trinajstić information content (AvgIpc) is 2.57. The number of nitrogens with one attached hydrogen (secondary N) is 2. The lowest BCUT2D eigenvalue weighted by atomic mass is 10.4. The summed E-state index contributed by atoms with van der Waals surface area (Å²) in [7, 11) is 1.52. The lowest BCUT2D eigenvalue weighted by Crippen LogP contribution is -2.28. The molecule has 5 nitrogen and oxygen atoms in total. The van der Waals surface area contributed by atoms with Crippen molar-refractivity contribution in [3.63, 3.8) is 0 Å². The van der Waals surface area contributed by atoms with Crippen molar-refractivity contribution in [2.45, 2.75) is 0 Å². The zero-order chi connectivity index (χ0) is 8.81. The summed E-state index contributed by atoms with van der Waals surface area (Å²) in [5.74, 6) is 0. The number of hydrogen-bond acceptors (Lipinski definition) is 3. The zero-order valence-corrected chi connectivity index (χ0v) is 6.57. The van der Waals surface area contributed by atoms with E-state index in [0.29, 0.717) is 0 Å². The van der Waals surface area contributed by atoms with E-state index in [1.807, 2.05) is 0 Å². The van der Waals surface area contributed by atoms with Crippen LogP contribution in [0, 0.1) is 0 Å². The van der Waals surface area contributed by atoms with Gasteiger partial charge in [-0.05, 0) is 6.07 Å². The van der Waals surface area contributed by atoms with Gasteiger partial charge in [0.05, 0.1) is 18.7 Å². The minimum absolute atomic E-state index is 0.352. The van der Waals surface area contributed by atoms with Gasteiger partial charge in [-0.15, -0.1) is 0 Å². The molecule has 0 aromatic carbocycles. The SMILES string of the molecule is CNC(=O)N/N=C/c1ccoc1. The summed E-state index contributed by atoms with van der Waals surface area (Å²) in [6.07, 6.45) is 4.54. The molecule has 1 aromatic rings. The first-order chi connectivity index (χ1) is 5.83. The van der Waals surface area contributed by atoms with E-state index in [-0.39, 0.29) is 6.03 Å². The Balaban J connectivity index is 2.37. The van der Waals surface area contributed by atoms with Gasteiger partial charge in [0.1, 0.15) is 0 Å². The van der Waals surface area contributed by atoms with Crippen LogP contribution in [0.25, 0.3) is 0 Å². The molecule has 0 atom stereocenters. The quantitative estimate of drug-likeness (QED) is 0.498. The highest BCUT2D eigenvalue weighted by Crippen LogP contribution is 1.93. The second kappa shape index (κ2) is 4.17. The Bertz CT molecular complexity index is 266. The summed E-state index contributed by atoms with van der Waals surface area (Å²) in [4.78, 5) is 10.6. The van der Waals surface area contributed by atoms with Crippen LogP contribution in [0.1, 0.15) is 5.56 Å². The molecule has 0 saturated carbocycles. The molecule has 0 aliphatic heterocycles. The van der Waals surface area contributed by atoms with Gasteiger partial charge in [-0.25, -0.2) is 10.2 Å². The predicted molar refractivity (Wildman–Crippen MR) is 43.9 cm³/mol. The number of rotatable bonds is 2. The molecule has 0 aliphatic carbocycles. The van der Waals surface area contributed by atoms with Gasteiger partial charge in [-0.3, -0.25) is 0 Å². The molecule has 0 fully saturated rings. The molecule has 1 heterocycles. The van der Waals surface area contributed by atoms with Crippen molar-refractivity contribution < 1.29 is 9.21 Å². The molecule has 0 unspecified atom stereocenters. The molecule has 0 spiro atoms. The van der Waals surface area contributed by atoms with Crippen molar-refractivity contribution in [1.29, 1.82) is 0 Å². The lowest BCUT2D eigenvalue weighted by Gasteiger charge is -1.94. The first-order valence-electron chi connectivity index (χ1n) is 3.36. The van der Waals surface area contributed by atoms with E-state index in [1.165, 1.54) is 25.8 Å². The van der Waals surface area contributed by atoms with Gasteiger partial charge in [0.2, 0.25) is 0 Å². The zero-order valence-electron chi connectivity index (χ0n) is 6.57. The number of carbonyl (C=O) groups excluding carboxylic acids is 1. The third-order valence-corrected chi connectivity index (χ3v) is 1.15. The molecular weight excluding hydrogens is 158 g/mol. The number of hydrogen-bond donors (Lipinski definition) is 2. The number of hydrazone groups is 1. The number of furan rings is 1. The van der Waals surface area contributed by atoms with Crippen molar-refractivity contribution in [3.05, 3.63) is 24.2 Å². The largest absolute Gasteiger partial charge is 0.472 e. The number of carbonyl (C=O) groups is 1. The van der Waals surface area contributed by atoms with Crippen molar-refractivity contribution >= 4 is 12.2 Å². The third kappa shape index (κ3) is 2.45. The molecular formula is C7H9N3O2. The molecule has 0 radical (unpaired) electrons. The lowest BCUT2D eigenvalue weighted by molar-refractivity contribution is 0.243. The van der Waals surface area contributed by atoms with Gasteiger partial charge in [-0.2, -0.15) is 5.10 Å². The number of urea groups is 1. The first kappa shape index (κ1) is 8.32. The van der Waals surface area contributed by atoms with Crippen LogP contribution in [0.5, 0.6) is 0 Å². The summed E-state index contributed by atoms with van der Waals surface area (Å²) in [6, 6.07) is 1.38. The average molecular weight is 167 g/mol. The summed E-state index contributed by atoms with van der Waals surface area (Å²) >= 11 is 0. The van der Waals surface area contributed by atoms with Crippen LogP contribution >= 0.6 is 0 Å². The molecule has 2 N–H and O–H groups in total. The highest BCUT2D eigenvalue weighted by atomic mass is 16.3. The van der Waals surface area contributed by atoms with Crippen LogP contribution in [0.3, 0.4) is 0 Å². The Kier molecular flexibility index (Phi) is 2.89. The molecule has 1 rings (SSSR count). The summed E-state index contributed by atoms with van der Waals surface area (Å²) in [5, 5.41) is 6.00. The van der Waals surface area contributed by atoms with Crippen LogP contribution in [0.2, 0.25) is 0 Å². The molecule has 1 aromatic heterocycles. The van der Waals surface area contributed by atoms with Crippen molar-refractivity contribution in [3.8, 4) is 0 Å². The minimum atomic E-state index is -0.352. The normalized spacial score (nSPS) is 10.1. The Morgan fingerprint density at radius 2 is 2.58 bits per heavy atom. The topological polar surface area (TPSA) is 66.6 Å². The maximum Gasteiger partial charge on any atom is 0.334 e. The van der Waals surface area contributed by atoms with Crippen molar-refractivity contribution in [2.24, 2.45) is 5.10 Å². The van der Waals surface area contributed by atoms with E-state index in [4.69, 9.17) is 4.42 Å². The second-order valence-electron chi connectivity index (χ2n) is 2.01. The molecule has 0 saturated heterocycles. The van der Waals surface area contributed by atoms with Gasteiger partial charge in [0, 0.05) is 12.6 Å². The van der Waals surface area contributed by atoms with E-state index in [2.05, 4.69) is 15.8 Å². The maximum atomic E-state index is 10.6. The molecule has 0 bridgehead atoms. The number of amides is 2. The van der Waals surface area contributed by atoms with Gasteiger partial charge in [0.15, 0.2) is 0 Å². The van der Waals surface area contributed by atoms with Gasteiger partial charge in [-0.1, -0.05) is 0 Å². The summed E-state index contributed by atoms with van der Waals surface area (Å²) < 4.78 is 4.78. The summed E-state index contributed by atoms with van der Waals surface area (Å²) in [6.45, 7) is 0. The fraction of sp³-hybridized carbons (Fsp3) is 0.143. The molecule has 2 amide bonds. The first-order valence-corrected chi connectivity index (χ1v) is 3.36. The van der Waals surface area contributed by atoms with E-state index in [9.17, 15) is 4.79 Å². The smallest absolute Gasteiger partial charge is 0.334 e. The highest BCUT2D eigenvalue weighted by Gasteiger charge is 1.90. The van der Waals surface area contributed by atoms with Crippen molar-refractivity contribution in [2.75, 3.05) is 7.05 Å². The molecule has 5 heteroatoms. The molecule has 12 heavy (non-hydrogen) atoms. The van der Waals surface area contributed by atoms with Crippen LogP contribution in [0.15, 0.2) is 28.1 Å². The van der Waals surface area contributed by atoms with E-state index < -0.39 is 0 Å². The third-order valence-electron chi connectivity index (χ3n) is 1.15. The Hall–Kier alpha value is -1.78. The van der Waals surface area contributed by atoms with Gasteiger partial charge >= 0.3 is 6.03 Å².